The maximum absolute atomic E-state index is 13.4. The van der Waals surface area contributed by atoms with Crippen molar-refractivity contribution in [1.82, 2.24) is 10.3 Å². The van der Waals surface area contributed by atoms with E-state index in [4.69, 9.17) is 22.1 Å². The number of hydrogen-bond donors (Lipinski definition) is 1. The van der Waals surface area contributed by atoms with E-state index in [1.165, 1.54) is 18.2 Å². The van der Waals surface area contributed by atoms with Crippen molar-refractivity contribution in [3.05, 3.63) is 40.3 Å². The summed E-state index contributed by atoms with van der Waals surface area (Å²) in [6.07, 6.45) is 0. The summed E-state index contributed by atoms with van der Waals surface area (Å²) in [7, 11) is 0. The second kappa shape index (κ2) is 5.01. The highest BCUT2D eigenvalue weighted by Gasteiger charge is 2.18. The summed E-state index contributed by atoms with van der Waals surface area (Å²) in [5, 5.41) is 6.64. The molecule has 0 aliphatic carbocycles. The van der Waals surface area contributed by atoms with Crippen molar-refractivity contribution < 1.29 is 18.6 Å². The monoisotopic (exact) mass is 271 g/mol. The van der Waals surface area contributed by atoms with Crippen LogP contribution in [0, 0.1) is 5.82 Å². The second-order valence-electron chi connectivity index (χ2n) is 3.27. The lowest BCUT2D eigenvalue weighted by Crippen LogP contribution is -2.09. The highest BCUT2D eigenvalue weighted by Crippen LogP contribution is 2.20. The van der Waals surface area contributed by atoms with Crippen molar-refractivity contribution in [2.45, 2.75) is 6.61 Å². The number of aromatic nitrogens is 2. The van der Waals surface area contributed by atoms with Gasteiger partial charge in [-0.25, -0.2) is 13.8 Å². The summed E-state index contributed by atoms with van der Waals surface area (Å²) in [5.41, 5.74) is 5.11. The van der Waals surface area contributed by atoms with Crippen LogP contribution in [0.25, 0.3) is 0 Å². The Balaban J connectivity index is 2.09. The van der Waals surface area contributed by atoms with Crippen LogP contribution in [-0.4, -0.2) is 16.3 Å². The van der Waals surface area contributed by atoms with Crippen LogP contribution in [0.2, 0.25) is 5.02 Å². The Labute approximate surface area is 105 Å². The van der Waals surface area contributed by atoms with E-state index in [1.807, 2.05) is 0 Å². The molecule has 8 heteroatoms. The zero-order chi connectivity index (χ0) is 13.1. The Kier molecular flexibility index (Phi) is 3.42. The average Bonchev–Trinajstić information content (AvgIpc) is 2.74. The first-order valence-corrected chi connectivity index (χ1v) is 5.15. The number of esters is 1. The molecule has 2 N–H and O–H groups in total. The third-order valence-electron chi connectivity index (χ3n) is 2.12. The molecule has 2 rings (SSSR count). The van der Waals surface area contributed by atoms with E-state index in [2.05, 4.69) is 14.9 Å². The van der Waals surface area contributed by atoms with Crippen molar-refractivity contribution in [2.24, 2.45) is 0 Å². The lowest BCUT2D eigenvalue weighted by Gasteiger charge is -2.06. The first-order valence-electron chi connectivity index (χ1n) is 4.77. The molecule has 1 aromatic carbocycles. The summed E-state index contributed by atoms with van der Waals surface area (Å²) in [4.78, 5) is 11.5. The Hall–Kier alpha value is -2.15. The zero-order valence-electron chi connectivity index (χ0n) is 8.89. The Morgan fingerprint density at radius 2 is 2.28 bits per heavy atom. The molecule has 0 aliphatic rings. The van der Waals surface area contributed by atoms with E-state index in [1.54, 1.807) is 0 Å². The van der Waals surface area contributed by atoms with Gasteiger partial charge in [0.05, 0.1) is 5.02 Å². The van der Waals surface area contributed by atoms with Crippen LogP contribution >= 0.6 is 11.6 Å². The van der Waals surface area contributed by atoms with Gasteiger partial charge in [-0.2, -0.15) is 0 Å². The number of benzene rings is 1. The van der Waals surface area contributed by atoms with E-state index in [0.717, 1.165) is 0 Å². The molecule has 2 aromatic rings. The predicted molar refractivity (Wildman–Crippen MR) is 59.2 cm³/mol. The molecule has 94 valence electrons. The number of carbonyl (C=O) groups excluding carboxylic acids is 1. The highest BCUT2D eigenvalue weighted by molar-refractivity contribution is 6.31. The molecule has 0 amide bonds. The van der Waals surface area contributed by atoms with Gasteiger partial charge in [-0.1, -0.05) is 17.7 Å². The predicted octanol–water partition coefficient (Wildman–Crippen LogP) is 1.80. The van der Waals surface area contributed by atoms with Crippen LogP contribution in [0.1, 0.15) is 16.1 Å². The van der Waals surface area contributed by atoms with Crippen molar-refractivity contribution in [1.29, 1.82) is 0 Å². The van der Waals surface area contributed by atoms with Gasteiger partial charge in [0.15, 0.2) is 0 Å². The van der Waals surface area contributed by atoms with Gasteiger partial charge in [0.2, 0.25) is 11.5 Å². The highest BCUT2D eigenvalue weighted by atomic mass is 35.5. The molecule has 0 radical (unpaired) electrons. The SMILES string of the molecule is Nc1nonc1C(=O)OCc1c(F)cccc1Cl. The molecule has 6 nitrogen and oxygen atoms in total. The maximum Gasteiger partial charge on any atom is 0.364 e. The number of nitrogens with zero attached hydrogens (tertiary/aromatic N) is 2. The van der Waals surface area contributed by atoms with Gasteiger partial charge in [0, 0.05) is 5.56 Å². The molecule has 18 heavy (non-hydrogen) atoms. The molecule has 0 saturated heterocycles. The third-order valence-corrected chi connectivity index (χ3v) is 2.47. The van der Waals surface area contributed by atoms with Crippen LogP contribution in [0.4, 0.5) is 10.2 Å². The normalized spacial score (nSPS) is 10.3. The van der Waals surface area contributed by atoms with Crippen molar-refractivity contribution in [2.75, 3.05) is 5.73 Å². The second-order valence-corrected chi connectivity index (χ2v) is 3.68. The number of halogens is 2. The zero-order valence-corrected chi connectivity index (χ0v) is 9.65. The lowest BCUT2D eigenvalue weighted by atomic mass is 10.2. The smallest absolute Gasteiger partial charge is 0.364 e. The van der Waals surface area contributed by atoms with Gasteiger partial charge in [0.25, 0.3) is 0 Å². The molecule has 0 atom stereocenters. The Morgan fingerprint density at radius 3 is 2.89 bits per heavy atom. The van der Waals surface area contributed by atoms with Crippen LogP contribution in [0.5, 0.6) is 0 Å². The molecular weight excluding hydrogens is 265 g/mol. The average molecular weight is 272 g/mol. The van der Waals surface area contributed by atoms with Crippen molar-refractivity contribution >= 4 is 23.4 Å². The number of rotatable bonds is 3. The molecule has 0 bridgehead atoms. The van der Waals surface area contributed by atoms with E-state index in [-0.39, 0.29) is 28.7 Å². The van der Waals surface area contributed by atoms with Crippen LogP contribution in [0.15, 0.2) is 22.8 Å². The van der Waals surface area contributed by atoms with Crippen LogP contribution < -0.4 is 5.73 Å². The summed E-state index contributed by atoms with van der Waals surface area (Å²) >= 11 is 5.77. The van der Waals surface area contributed by atoms with Gasteiger partial charge in [-0.05, 0) is 22.4 Å². The molecule has 0 fully saturated rings. The van der Waals surface area contributed by atoms with Gasteiger partial charge in [-0.15, -0.1) is 0 Å². The minimum Gasteiger partial charge on any atom is -0.456 e. The molecule has 1 heterocycles. The fraction of sp³-hybridized carbons (Fsp3) is 0.100. The number of nitrogens with two attached hydrogens (primary N) is 1. The maximum atomic E-state index is 13.4. The first-order chi connectivity index (χ1) is 8.59. The topological polar surface area (TPSA) is 91.2 Å². The molecule has 0 spiro atoms. The number of nitrogen functional groups attached to an aromatic ring is 1. The Bertz CT molecular complexity index is 567. The van der Waals surface area contributed by atoms with Gasteiger partial charge >= 0.3 is 5.97 Å². The molecule has 0 unspecified atom stereocenters. The lowest BCUT2D eigenvalue weighted by molar-refractivity contribution is 0.0457. The molecule has 0 aliphatic heterocycles. The standard InChI is InChI=1S/C10H7ClFN3O3/c11-6-2-1-3-7(12)5(6)4-17-10(16)8-9(13)15-18-14-8/h1-3H,4H2,(H2,13,15). The van der Waals surface area contributed by atoms with Gasteiger partial charge < -0.3 is 10.5 Å². The number of carbonyl (C=O) groups is 1. The van der Waals surface area contributed by atoms with E-state index in [0.29, 0.717) is 0 Å². The summed E-state index contributed by atoms with van der Waals surface area (Å²) in [5.74, 6) is -1.63. The summed E-state index contributed by atoms with van der Waals surface area (Å²) in [6, 6.07) is 4.14. The Morgan fingerprint density at radius 1 is 1.50 bits per heavy atom. The van der Waals surface area contributed by atoms with Crippen molar-refractivity contribution in [3.8, 4) is 0 Å². The largest absolute Gasteiger partial charge is 0.456 e. The molecule has 0 saturated carbocycles. The quantitative estimate of drug-likeness (QED) is 0.856. The molecule has 1 aromatic heterocycles. The van der Waals surface area contributed by atoms with E-state index >= 15 is 0 Å². The fourth-order valence-corrected chi connectivity index (χ4v) is 1.43. The molecular formula is C10H7ClFN3O3. The minimum atomic E-state index is -0.868. The number of ether oxygens (including phenoxy) is 1. The van der Waals surface area contributed by atoms with E-state index in [9.17, 15) is 9.18 Å². The number of hydrogen-bond acceptors (Lipinski definition) is 6. The van der Waals surface area contributed by atoms with Crippen LogP contribution in [-0.2, 0) is 11.3 Å². The van der Waals surface area contributed by atoms with Gasteiger partial charge in [-0.3, -0.25) is 0 Å². The van der Waals surface area contributed by atoms with Gasteiger partial charge in [0.1, 0.15) is 12.4 Å². The fourth-order valence-electron chi connectivity index (χ4n) is 1.21. The first kappa shape index (κ1) is 12.3. The summed E-state index contributed by atoms with van der Waals surface area (Å²) < 4.78 is 22.4. The summed E-state index contributed by atoms with van der Waals surface area (Å²) in [6.45, 7) is -0.337. The number of anilines is 1. The van der Waals surface area contributed by atoms with Crippen molar-refractivity contribution in [3.63, 3.8) is 0 Å². The minimum absolute atomic E-state index is 0.0718. The third kappa shape index (κ3) is 2.40. The van der Waals surface area contributed by atoms with E-state index < -0.39 is 11.8 Å². The van der Waals surface area contributed by atoms with Crippen LogP contribution in [0.3, 0.4) is 0 Å².